The molecule has 14 nitrogen and oxygen atoms in total. The van der Waals surface area contributed by atoms with E-state index in [-0.39, 0.29) is 57.9 Å². The SMILES string of the molecule is CN(c1nc(OCC23CCCN2CCC3)nc2c(F)c(-c3nc(N)cc4cccc(Cl)c34)ncc12)C1CCN(C(=O)/C=C/c2nc(C(C)(C)O)no2)C1. The van der Waals surface area contributed by atoms with Crippen molar-refractivity contribution in [1.29, 1.82) is 0 Å². The number of aliphatic hydroxyl groups is 1. The van der Waals surface area contributed by atoms with Crippen molar-refractivity contribution in [3.63, 3.8) is 0 Å². The van der Waals surface area contributed by atoms with E-state index in [0.29, 0.717) is 53.1 Å². The lowest BCUT2D eigenvalue weighted by atomic mass is 9.95. The number of aromatic nitrogens is 6. The largest absolute Gasteiger partial charge is 0.461 e. The van der Waals surface area contributed by atoms with Gasteiger partial charge < -0.3 is 29.9 Å². The fourth-order valence-corrected chi connectivity index (χ4v) is 8.14. The van der Waals surface area contributed by atoms with E-state index in [4.69, 9.17) is 31.6 Å². The molecule has 3 aliphatic rings. The highest BCUT2D eigenvalue weighted by Gasteiger charge is 2.45. The summed E-state index contributed by atoms with van der Waals surface area (Å²) in [4.78, 5) is 42.0. The van der Waals surface area contributed by atoms with E-state index in [2.05, 4.69) is 30.0 Å². The van der Waals surface area contributed by atoms with Crippen molar-refractivity contribution >= 4 is 56.9 Å². The van der Waals surface area contributed by atoms with E-state index in [1.165, 1.54) is 18.3 Å². The fourth-order valence-electron chi connectivity index (χ4n) is 7.87. The minimum Gasteiger partial charge on any atom is -0.461 e. The molecule has 3 N–H and O–H groups in total. The van der Waals surface area contributed by atoms with Gasteiger partial charge in [0.1, 0.15) is 40.7 Å². The van der Waals surface area contributed by atoms with Crippen LogP contribution in [0.25, 0.3) is 39.1 Å². The Labute approximate surface area is 309 Å². The third-order valence-corrected chi connectivity index (χ3v) is 11.0. The third-order valence-electron chi connectivity index (χ3n) is 10.7. The van der Waals surface area contributed by atoms with Gasteiger partial charge in [0.05, 0.1) is 15.9 Å². The van der Waals surface area contributed by atoms with Crippen LogP contribution in [0.2, 0.25) is 5.02 Å². The number of amides is 1. The second kappa shape index (κ2) is 13.5. The number of rotatable bonds is 9. The first-order chi connectivity index (χ1) is 25.4. The molecule has 7 heterocycles. The van der Waals surface area contributed by atoms with E-state index >= 15 is 4.39 Å². The van der Waals surface area contributed by atoms with Crippen LogP contribution in [-0.2, 0) is 10.4 Å². The molecular formula is C37H40ClFN10O4. The summed E-state index contributed by atoms with van der Waals surface area (Å²) in [5.74, 6) is -0.0817. The number of hydrogen-bond acceptors (Lipinski definition) is 13. The molecule has 3 fully saturated rings. The van der Waals surface area contributed by atoms with Gasteiger partial charge in [-0.25, -0.2) is 9.37 Å². The number of likely N-dealkylation sites (tertiary alicyclic amines) is 1. The zero-order valence-corrected chi connectivity index (χ0v) is 30.5. The lowest BCUT2D eigenvalue weighted by Crippen LogP contribution is -2.43. The highest BCUT2D eigenvalue weighted by molar-refractivity contribution is 6.36. The van der Waals surface area contributed by atoms with Gasteiger partial charge in [-0.1, -0.05) is 28.9 Å². The molecule has 53 heavy (non-hydrogen) atoms. The number of nitrogens with zero attached hydrogens (tertiary/aromatic N) is 9. The fraction of sp³-hybridized carbons (Fsp3) is 0.432. The van der Waals surface area contributed by atoms with Crippen LogP contribution in [0.5, 0.6) is 6.01 Å². The van der Waals surface area contributed by atoms with E-state index in [1.807, 2.05) is 18.0 Å². The van der Waals surface area contributed by atoms with Gasteiger partial charge in [0.15, 0.2) is 5.82 Å². The van der Waals surface area contributed by atoms with Crippen molar-refractivity contribution in [3.05, 3.63) is 59.1 Å². The van der Waals surface area contributed by atoms with Crippen LogP contribution in [0.15, 0.2) is 41.1 Å². The molecule has 0 aliphatic carbocycles. The quantitative estimate of drug-likeness (QED) is 0.194. The summed E-state index contributed by atoms with van der Waals surface area (Å²) in [6.07, 6.45) is 9.22. The first kappa shape index (κ1) is 35.1. The first-order valence-electron chi connectivity index (χ1n) is 17.8. The Hall–Kier alpha value is -4.99. The second-order valence-corrected chi connectivity index (χ2v) is 15.0. The van der Waals surface area contributed by atoms with Crippen LogP contribution in [0.3, 0.4) is 0 Å². The number of likely N-dealkylation sites (N-methyl/N-ethyl adjacent to an activating group) is 1. The van der Waals surface area contributed by atoms with E-state index in [9.17, 15) is 9.90 Å². The number of pyridine rings is 2. The zero-order chi connectivity index (χ0) is 37.1. The molecule has 3 aliphatic heterocycles. The average Bonchev–Trinajstić information content (AvgIpc) is 3.94. The maximum atomic E-state index is 16.9. The minimum absolute atomic E-state index is 0.0253. The Balaban J connectivity index is 1.12. The average molecular weight is 743 g/mol. The summed E-state index contributed by atoms with van der Waals surface area (Å²) in [5, 5.41) is 15.9. The highest BCUT2D eigenvalue weighted by Crippen LogP contribution is 2.40. The van der Waals surface area contributed by atoms with E-state index in [0.717, 1.165) is 38.8 Å². The third kappa shape index (κ3) is 6.50. The number of halogens is 2. The Morgan fingerprint density at radius 1 is 1.19 bits per heavy atom. The monoisotopic (exact) mass is 742 g/mol. The van der Waals surface area contributed by atoms with Crippen molar-refractivity contribution in [3.8, 4) is 17.4 Å². The van der Waals surface area contributed by atoms with Crippen LogP contribution >= 0.6 is 11.6 Å². The number of anilines is 2. The summed E-state index contributed by atoms with van der Waals surface area (Å²) < 4.78 is 28.4. The van der Waals surface area contributed by atoms with Crippen molar-refractivity contribution in [2.24, 2.45) is 0 Å². The predicted molar refractivity (Wildman–Crippen MR) is 198 cm³/mol. The second-order valence-electron chi connectivity index (χ2n) is 14.6. The smallest absolute Gasteiger partial charge is 0.319 e. The molecule has 0 saturated carbocycles. The minimum atomic E-state index is -1.27. The number of hydrogen-bond donors (Lipinski definition) is 2. The van der Waals surface area contributed by atoms with Crippen LogP contribution in [0, 0.1) is 5.82 Å². The van der Waals surface area contributed by atoms with Crippen molar-refractivity contribution in [2.45, 2.75) is 63.1 Å². The normalized spacial score (nSPS) is 18.8. The first-order valence-corrected chi connectivity index (χ1v) is 18.1. The molecule has 1 amide bonds. The molecule has 5 aromatic rings. The van der Waals surface area contributed by atoms with Gasteiger partial charge in [-0.05, 0) is 76.6 Å². The molecule has 4 aromatic heterocycles. The van der Waals surface area contributed by atoms with Crippen LogP contribution in [-0.4, -0.2) is 102 Å². The van der Waals surface area contributed by atoms with Gasteiger partial charge in [-0.3, -0.25) is 14.7 Å². The zero-order valence-electron chi connectivity index (χ0n) is 29.7. The Bertz CT molecular complexity index is 2250. The number of carbonyl (C=O) groups excluding carboxylic acids is 1. The molecule has 3 saturated heterocycles. The summed E-state index contributed by atoms with van der Waals surface area (Å²) in [6.45, 7) is 6.41. The summed E-state index contributed by atoms with van der Waals surface area (Å²) in [5.41, 5.74) is 5.00. The number of nitrogen functional groups attached to an aromatic ring is 1. The summed E-state index contributed by atoms with van der Waals surface area (Å²) >= 11 is 6.61. The summed E-state index contributed by atoms with van der Waals surface area (Å²) in [7, 11) is 1.86. The van der Waals surface area contributed by atoms with Gasteiger partial charge >= 0.3 is 6.01 Å². The molecular weight excluding hydrogens is 703 g/mol. The van der Waals surface area contributed by atoms with Gasteiger partial charge in [-0.2, -0.15) is 15.0 Å². The Kier molecular flexibility index (Phi) is 8.90. The highest BCUT2D eigenvalue weighted by atomic mass is 35.5. The molecule has 0 spiro atoms. The van der Waals surface area contributed by atoms with Gasteiger partial charge in [0.25, 0.3) is 5.89 Å². The number of benzene rings is 1. The maximum absolute atomic E-state index is 16.9. The van der Waals surface area contributed by atoms with Crippen molar-refractivity contribution in [1.82, 2.24) is 39.9 Å². The molecule has 0 radical (unpaired) electrons. The predicted octanol–water partition coefficient (Wildman–Crippen LogP) is 4.98. The molecule has 8 rings (SSSR count). The van der Waals surface area contributed by atoms with Crippen LogP contribution in [0.4, 0.5) is 16.0 Å². The molecule has 16 heteroatoms. The van der Waals surface area contributed by atoms with Crippen LogP contribution < -0.4 is 15.4 Å². The Morgan fingerprint density at radius 3 is 2.74 bits per heavy atom. The lowest BCUT2D eigenvalue weighted by Gasteiger charge is -2.31. The number of fused-ring (bicyclic) bond motifs is 3. The van der Waals surface area contributed by atoms with Crippen molar-refractivity contribution in [2.75, 3.05) is 50.5 Å². The summed E-state index contributed by atoms with van der Waals surface area (Å²) in [6, 6.07) is 6.92. The molecule has 276 valence electrons. The topological polar surface area (TPSA) is 173 Å². The number of carbonyl (C=O) groups is 1. The van der Waals surface area contributed by atoms with Gasteiger partial charge in [0, 0.05) is 49.9 Å². The molecule has 0 bridgehead atoms. The van der Waals surface area contributed by atoms with Crippen molar-refractivity contribution < 1.29 is 23.6 Å². The number of ether oxygens (including phenoxy) is 1. The molecule has 1 unspecified atom stereocenters. The van der Waals surface area contributed by atoms with E-state index in [1.54, 1.807) is 36.9 Å². The molecule has 1 aromatic carbocycles. The molecule has 1 atom stereocenters. The van der Waals surface area contributed by atoms with E-state index < -0.39 is 11.4 Å². The standard InChI is InChI=1S/C37H40ClFN10O4/c1-36(2,51)34-43-26(53-46-34)9-10-27(50)48-16-11-22(19-48)47(3)33-23-18-41-32(31-28-21(17-25(40)42-31)7-4-8-24(28)38)29(39)30(23)44-35(45-33)52-20-37-12-5-14-49(37)15-6-13-37/h4,7-10,17-18,22,51H,5-6,11-16,19-20H2,1-3H3,(H2,40,42)/b10-9+. The lowest BCUT2D eigenvalue weighted by molar-refractivity contribution is -0.124. The maximum Gasteiger partial charge on any atom is 0.319 e. The van der Waals surface area contributed by atoms with Gasteiger partial charge in [0.2, 0.25) is 11.7 Å². The number of nitrogens with two attached hydrogens (primary N) is 1. The van der Waals surface area contributed by atoms with Crippen LogP contribution in [0.1, 0.15) is 57.7 Å². The van der Waals surface area contributed by atoms with Gasteiger partial charge in [-0.15, -0.1) is 0 Å². The Morgan fingerprint density at radius 2 is 1.98 bits per heavy atom.